The lowest BCUT2D eigenvalue weighted by Gasteiger charge is -2.27. The zero-order valence-electron chi connectivity index (χ0n) is 12.6. The van der Waals surface area contributed by atoms with Crippen LogP contribution in [0.3, 0.4) is 0 Å². The number of carbonyl (C=O) groups excluding carboxylic acids is 1. The first-order valence-electron chi connectivity index (χ1n) is 7.70. The number of para-hydroxylation sites is 1. The minimum Gasteiger partial charge on any atom is -0.367 e. The minimum atomic E-state index is -0.839. The van der Waals surface area contributed by atoms with Gasteiger partial charge in [-0.3, -0.25) is 4.79 Å². The SMILES string of the molecule is O=C(NCC1CCCN1c1ccccc1)c1c(F)cccc1F. The Labute approximate surface area is 133 Å². The van der Waals surface area contributed by atoms with Gasteiger partial charge >= 0.3 is 0 Å². The normalized spacial score (nSPS) is 17.3. The smallest absolute Gasteiger partial charge is 0.257 e. The molecule has 1 fully saturated rings. The highest BCUT2D eigenvalue weighted by Crippen LogP contribution is 2.24. The summed E-state index contributed by atoms with van der Waals surface area (Å²) in [5, 5.41) is 2.66. The van der Waals surface area contributed by atoms with Crippen LogP contribution >= 0.6 is 0 Å². The first kappa shape index (κ1) is 15.5. The fourth-order valence-corrected chi connectivity index (χ4v) is 3.02. The van der Waals surface area contributed by atoms with Gasteiger partial charge in [-0.1, -0.05) is 24.3 Å². The van der Waals surface area contributed by atoms with Gasteiger partial charge in [0.2, 0.25) is 0 Å². The highest BCUT2D eigenvalue weighted by molar-refractivity contribution is 5.94. The summed E-state index contributed by atoms with van der Waals surface area (Å²) in [7, 11) is 0. The largest absolute Gasteiger partial charge is 0.367 e. The van der Waals surface area contributed by atoms with Crippen molar-refractivity contribution in [1.82, 2.24) is 5.32 Å². The summed E-state index contributed by atoms with van der Waals surface area (Å²) in [6, 6.07) is 13.5. The van der Waals surface area contributed by atoms with Crippen molar-refractivity contribution in [3.63, 3.8) is 0 Å². The molecule has 120 valence electrons. The van der Waals surface area contributed by atoms with E-state index in [0.29, 0.717) is 6.54 Å². The standard InChI is InChI=1S/C18H18F2N2O/c19-15-9-4-10-16(20)17(15)18(23)21-12-14-8-5-11-22(14)13-6-2-1-3-7-13/h1-4,6-7,9-10,14H,5,8,11-12H2,(H,21,23). The average molecular weight is 316 g/mol. The van der Waals surface area contributed by atoms with Crippen LogP contribution in [-0.2, 0) is 0 Å². The van der Waals surface area contributed by atoms with E-state index in [9.17, 15) is 13.6 Å². The van der Waals surface area contributed by atoms with E-state index in [2.05, 4.69) is 10.2 Å². The molecular weight excluding hydrogens is 298 g/mol. The summed E-state index contributed by atoms with van der Waals surface area (Å²) < 4.78 is 27.3. The number of nitrogens with one attached hydrogen (secondary N) is 1. The van der Waals surface area contributed by atoms with Gasteiger partial charge in [-0.15, -0.1) is 0 Å². The maximum atomic E-state index is 13.6. The summed E-state index contributed by atoms with van der Waals surface area (Å²) in [5.74, 6) is -2.39. The molecule has 0 radical (unpaired) electrons. The zero-order valence-corrected chi connectivity index (χ0v) is 12.6. The summed E-state index contributed by atoms with van der Waals surface area (Å²) in [6.45, 7) is 1.28. The van der Waals surface area contributed by atoms with Gasteiger partial charge in [-0.25, -0.2) is 8.78 Å². The van der Waals surface area contributed by atoms with Crippen molar-refractivity contribution in [3.05, 3.63) is 65.7 Å². The van der Waals surface area contributed by atoms with E-state index < -0.39 is 23.1 Å². The Hall–Kier alpha value is -2.43. The minimum absolute atomic E-state index is 0.135. The molecule has 1 aliphatic heterocycles. The van der Waals surface area contributed by atoms with Crippen LogP contribution in [0.4, 0.5) is 14.5 Å². The molecule has 23 heavy (non-hydrogen) atoms. The summed E-state index contributed by atoms with van der Waals surface area (Å²) in [5.41, 5.74) is 0.582. The topological polar surface area (TPSA) is 32.3 Å². The molecule has 1 amide bonds. The second kappa shape index (κ2) is 6.77. The van der Waals surface area contributed by atoms with E-state index in [1.54, 1.807) is 0 Å². The van der Waals surface area contributed by atoms with Crippen molar-refractivity contribution in [1.29, 1.82) is 0 Å². The van der Waals surface area contributed by atoms with Crippen molar-refractivity contribution in [2.24, 2.45) is 0 Å². The number of halogens is 2. The van der Waals surface area contributed by atoms with Gasteiger partial charge in [0.1, 0.15) is 17.2 Å². The Morgan fingerprint density at radius 2 is 1.78 bits per heavy atom. The van der Waals surface area contributed by atoms with E-state index in [1.165, 1.54) is 6.07 Å². The second-order valence-corrected chi connectivity index (χ2v) is 5.63. The number of hydrogen-bond acceptors (Lipinski definition) is 2. The van der Waals surface area contributed by atoms with Gasteiger partial charge in [-0.2, -0.15) is 0 Å². The first-order valence-corrected chi connectivity index (χ1v) is 7.70. The van der Waals surface area contributed by atoms with Crippen LogP contribution in [0.2, 0.25) is 0 Å². The lowest BCUT2D eigenvalue weighted by Crippen LogP contribution is -2.40. The monoisotopic (exact) mass is 316 g/mol. The Bertz CT molecular complexity index is 670. The molecule has 2 aromatic rings. The molecule has 1 N–H and O–H groups in total. The molecule has 0 aromatic heterocycles. The first-order chi connectivity index (χ1) is 11.2. The third kappa shape index (κ3) is 3.33. The van der Waals surface area contributed by atoms with Gasteiger partial charge in [0.05, 0.1) is 0 Å². The van der Waals surface area contributed by atoms with Crippen LogP contribution in [-0.4, -0.2) is 25.0 Å². The maximum Gasteiger partial charge on any atom is 0.257 e. The van der Waals surface area contributed by atoms with Crippen LogP contribution in [0.1, 0.15) is 23.2 Å². The number of nitrogens with zero attached hydrogens (tertiary/aromatic N) is 1. The number of amides is 1. The van der Waals surface area contributed by atoms with E-state index in [-0.39, 0.29) is 6.04 Å². The number of hydrogen-bond donors (Lipinski definition) is 1. The molecule has 0 aliphatic carbocycles. The summed E-state index contributed by atoms with van der Waals surface area (Å²) >= 11 is 0. The van der Waals surface area contributed by atoms with E-state index in [1.807, 2.05) is 30.3 Å². The molecule has 1 heterocycles. The lowest BCUT2D eigenvalue weighted by atomic mass is 10.1. The predicted molar refractivity (Wildman–Crippen MR) is 85.5 cm³/mol. The van der Waals surface area contributed by atoms with Crippen molar-refractivity contribution >= 4 is 11.6 Å². The third-order valence-electron chi connectivity index (χ3n) is 4.15. The number of benzene rings is 2. The van der Waals surface area contributed by atoms with Crippen LogP contribution < -0.4 is 10.2 Å². The number of carbonyl (C=O) groups is 1. The number of rotatable bonds is 4. The van der Waals surface area contributed by atoms with Crippen LogP contribution in [0.5, 0.6) is 0 Å². The van der Waals surface area contributed by atoms with Crippen molar-refractivity contribution in [2.75, 3.05) is 18.0 Å². The van der Waals surface area contributed by atoms with E-state index in [4.69, 9.17) is 0 Å². The van der Waals surface area contributed by atoms with Crippen LogP contribution in [0.25, 0.3) is 0 Å². The maximum absolute atomic E-state index is 13.6. The second-order valence-electron chi connectivity index (χ2n) is 5.63. The molecule has 1 aliphatic rings. The molecular formula is C18H18F2N2O. The fraction of sp³-hybridized carbons (Fsp3) is 0.278. The lowest BCUT2D eigenvalue weighted by molar-refractivity contribution is 0.0943. The molecule has 3 rings (SSSR count). The predicted octanol–water partition coefficient (Wildman–Crippen LogP) is 3.36. The molecule has 2 aromatic carbocycles. The van der Waals surface area contributed by atoms with Gasteiger partial charge < -0.3 is 10.2 Å². The van der Waals surface area contributed by atoms with Crippen LogP contribution in [0, 0.1) is 11.6 Å². The average Bonchev–Trinajstić information content (AvgIpc) is 3.02. The van der Waals surface area contributed by atoms with Gasteiger partial charge in [0, 0.05) is 24.8 Å². The Kier molecular flexibility index (Phi) is 4.55. The van der Waals surface area contributed by atoms with Crippen molar-refractivity contribution in [2.45, 2.75) is 18.9 Å². The summed E-state index contributed by atoms with van der Waals surface area (Å²) in [6.07, 6.45) is 1.97. The Morgan fingerprint density at radius 1 is 1.09 bits per heavy atom. The highest BCUT2D eigenvalue weighted by Gasteiger charge is 2.26. The molecule has 0 spiro atoms. The van der Waals surface area contributed by atoms with Gasteiger partial charge in [-0.05, 0) is 37.1 Å². The molecule has 5 heteroatoms. The molecule has 1 unspecified atom stereocenters. The molecule has 1 atom stereocenters. The van der Waals surface area contributed by atoms with E-state index >= 15 is 0 Å². The van der Waals surface area contributed by atoms with E-state index in [0.717, 1.165) is 37.2 Å². The molecule has 0 bridgehead atoms. The third-order valence-corrected chi connectivity index (χ3v) is 4.15. The number of anilines is 1. The quantitative estimate of drug-likeness (QED) is 0.938. The summed E-state index contributed by atoms with van der Waals surface area (Å²) in [4.78, 5) is 14.3. The highest BCUT2D eigenvalue weighted by atomic mass is 19.1. The zero-order chi connectivity index (χ0) is 16.2. The van der Waals surface area contributed by atoms with Gasteiger partial charge in [0.15, 0.2) is 0 Å². The van der Waals surface area contributed by atoms with Crippen molar-refractivity contribution in [3.8, 4) is 0 Å². The van der Waals surface area contributed by atoms with Crippen molar-refractivity contribution < 1.29 is 13.6 Å². The molecule has 3 nitrogen and oxygen atoms in total. The Balaban J connectivity index is 1.67. The van der Waals surface area contributed by atoms with Gasteiger partial charge in [0.25, 0.3) is 5.91 Å². The van der Waals surface area contributed by atoms with Crippen LogP contribution in [0.15, 0.2) is 48.5 Å². The fourth-order valence-electron chi connectivity index (χ4n) is 3.02. The molecule has 1 saturated heterocycles. The Morgan fingerprint density at radius 3 is 2.48 bits per heavy atom. The molecule has 0 saturated carbocycles.